The Bertz CT molecular complexity index is 756. The van der Waals surface area contributed by atoms with Crippen LogP contribution in [-0.2, 0) is 4.43 Å². The van der Waals surface area contributed by atoms with E-state index in [1.165, 1.54) is 0 Å². The summed E-state index contributed by atoms with van der Waals surface area (Å²) in [5.74, 6) is 0. The van der Waals surface area contributed by atoms with E-state index in [2.05, 4.69) is 53.2 Å². The third-order valence-corrected chi connectivity index (χ3v) is 9.10. The summed E-state index contributed by atoms with van der Waals surface area (Å²) >= 11 is 10.8. The second-order valence-electron chi connectivity index (χ2n) is 5.61. The van der Waals surface area contributed by atoms with Gasteiger partial charge in [-0.2, -0.15) is 0 Å². The van der Waals surface area contributed by atoms with Crippen LogP contribution in [0, 0.1) is 0 Å². The van der Waals surface area contributed by atoms with Gasteiger partial charge in [-0.25, -0.2) is 0 Å². The molecule has 4 heteroatoms. The minimum absolute atomic E-state index is 0.120. The summed E-state index contributed by atoms with van der Waals surface area (Å²) in [7, 11) is -2.82. The summed E-state index contributed by atoms with van der Waals surface area (Å²) in [5, 5.41) is 2.11. The highest BCUT2D eigenvalue weighted by Crippen LogP contribution is 2.29. The second-order valence-corrected chi connectivity index (χ2v) is 10.6. The quantitative estimate of drug-likeness (QED) is 0.418. The van der Waals surface area contributed by atoms with Crippen LogP contribution >= 0.6 is 27.0 Å². The summed E-state index contributed by atoms with van der Waals surface area (Å²) in [6.07, 6.45) is -0.120. The Balaban J connectivity index is 2.02. The highest BCUT2D eigenvalue weighted by Gasteiger charge is 2.40. The maximum atomic E-state index is 7.19. The van der Waals surface area contributed by atoms with Crippen LogP contribution in [0.4, 0.5) is 0 Å². The molecule has 0 unspecified atom stereocenters. The van der Waals surface area contributed by atoms with Gasteiger partial charge < -0.3 is 4.43 Å². The van der Waals surface area contributed by atoms with Crippen LogP contribution in [-0.4, -0.2) is 7.63 Å². The molecule has 1 atom stereocenters. The topological polar surface area (TPSA) is 9.23 Å². The molecule has 1 nitrogen and oxygen atoms in total. The lowest BCUT2D eigenvalue weighted by molar-refractivity contribution is 0.231. The predicted octanol–water partition coefficient (Wildman–Crippen LogP) is 5.02. The lowest BCUT2D eigenvalue weighted by Crippen LogP contribution is -2.56. The minimum atomic E-state index is -2.82. The molecule has 0 fully saturated rings. The number of hydrogen-bond acceptors (Lipinski definition) is 1. The largest absolute Gasteiger partial charge is 0.390 e. The number of rotatable bonds is 5. The fraction of sp³-hybridized carbons (Fsp3) is 0.100. The van der Waals surface area contributed by atoms with E-state index in [1.807, 2.05) is 54.6 Å². The van der Waals surface area contributed by atoms with Gasteiger partial charge in [-0.05, 0) is 28.9 Å². The minimum Gasteiger partial charge on any atom is -0.390 e. The summed E-state index contributed by atoms with van der Waals surface area (Å²) < 4.78 is 7.59. The monoisotopic (exact) mass is 416 g/mol. The van der Waals surface area contributed by atoms with Crippen molar-refractivity contribution in [2.75, 3.05) is 0 Å². The number of hydrogen-bond donors (Lipinski definition) is 0. The molecular formula is C20H18BrClOSi. The Hall–Kier alpha value is -1.39. The standard InChI is InChI=1S/C20H18BrClOSi/c1-16(19-14-8-9-15-20(19)21)23-24(22,17-10-4-2-5-11-17)18-12-6-3-7-13-18/h2-16H,1H3/t16-/m0/s1. The van der Waals surface area contributed by atoms with E-state index in [9.17, 15) is 0 Å². The van der Waals surface area contributed by atoms with Crippen molar-refractivity contribution in [2.45, 2.75) is 13.0 Å². The van der Waals surface area contributed by atoms with Crippen molar-refractivity contribution in [1.82, 2.24) is 0 Å². The zero-order valence-corrected chi connectivity index (χ0v) is 16.7. The van der Waals surface area contributed by atoms with Crippen LogP contribution in [0.5, 0.6) is 0 Å². The average Bonchev–Trinajstić information content (AvgIpc) is 2.63. The SMILES string of the molecule is C[C@H](O[Si](Cl)(c1ccccc1)c1ccccc1)c1ccccc1Br. The van der Waals surface area contributed by atoms with E-state index in [0.29, 0.717) is 0 Å². The summed E-state index contributed by atoms with van der Waals surface area (Å²) in [6, 6.07) is 28.4. The number of halogens is 2. The lowest BCUT2D eigenvalue weighted by atomic mass is 10.1. The van der Waals surface area contributed by atoms with E-state index in [4.69, 9.17) is 15.5 Å². The third-order valence-electron chi connectivity index (χ3n) is 3.97. The summed E-state index contributed by atoms with van der Waals surface area (Å²) in [4.78, 5) is 0. The first-order valence-electron chi connectivity index (χ1n) is 7.83. The van der Waals surface area contributed by atoms with Crippen molar-refractivity contribution in [2.24, 2.45) is 0 Å². The number of benzene rings is 3. The normalized spacial score (nSPS) is 12.8. The van der Waals surface area contributed by atoms with Crippen LogP contribution in [0.3, 0.4) is 0 Å². The van der Waals surface area contributed by atoms with Gasteiger partial charge in [0.2, 0.25) is 0 Å². The average molecular weight is 418 g/mol. The molecule has 0 aliphatic heterocycles. The van der Waals surface area contributed by atoms with Crippen LogP contribution < -0.4 is 10.4 Å². The van der Waals surface area contributed by atoms with Crippen molar-refractivity contribution in [3.05, 3.63) is 95.0 Å². The molecule has 0 heterocycles. The van der Waals surface area contributed by atoms with Crippen LogP contribution in [0.15, 0.2) is 89.4 Å². The van der Waals surface area contributed by atoms with Crippen molar-refractivity contribution >= 4 is 45.0 Å². The highest BCUT2D eigenvalue weighted by atomic mass is 79.9. The zero-order valence-electron chi connectivity index (χ0n) is 13.3. The van der Waals surface area contributed by atoms with Crippen LogP contribution in [0.25, 0.3) is 0 Å². The second kappa shape index (κ2) is 7.66. The Morgan fingerprint density at radius 2 is 1.25 bits per heavy atom. The maximum Gasteiger partial charge on any atom is 0.355 e. The first kappa shape index (κ1) is 17.4. The van der Waals surface area contributed by atoms with Gasteiger partial charge in [0.1, 0.15) is 0 Å². The van der Waals surface area contributed by atoms with Gasteiger partial charge in [0.25, 0.3) is 0 Å². The van der Waals surface area contributed by atoms with Gasteiger partial charge in [-0.15, -0.1) is 11.1 Å². The molecule has 122 valence electrons. The molecule has 0 aliphatic rings. The molecule has 3 aromatic carbocycles. The molecule has 0 saturated heterocycles. The van der Waals surface area contributed by atoms with E-state index < -0.39 is 7.63 Å². The van der Waals surface area contributed by atoms with Gasteiger partial charge >= 0.3 is 7.63 Å². The van der Waals surface area contributed by atoms with E-state index in [1.54, 1.807) is 0 Å². The Morgan fingerprint density at radius 1 is 0.792 bits per heavy atom. The van der Waals surface area contributed by atoms with Crippen LogP contribution in [0.1, 0.15) is 18.6 Å². The molecule has 0 saturated carbocycles. The molecular weight excluding hydrogens is 400 g/mol. The summed E-state index contributed by atoms with van der Waals surface area (Å²) in [6.45, 7) is 2.05. The van der Waals surface area contributed by atoms with Crippen LogP contribution in [0.2, 0.25) is 0 Å². The molecule has 0 aromatic heterocycles. The fourth-order valence-corrected chi connectivity index (χ4v) is 6.95. The molecule has 3 rings (SSSR count). The molecule has 0 bridgehead atoms. The molecule has 0 aliphatic carbocycles. The van der Waals surface area contributed by atoms with Gasteiger partial charge in [-0.3, -0.25) is 0 Å². The molecule has 0 N–H and O–H groups in total. The highest BCUT2D eigenvalue weighted by molar-refractivity contribution is 9.10. The molecule has 0 amide bonds. The van der Waals surface area contributed by atoms with Crippen molar-refractivity contribution in [3.8, 4) is 0 Å². The van der Waals surface area contributed by atoms with Crippen molar-refractivity contribution in [1.29, 1.82) is 0 Å². The van der Waals surface area contributed by atoms with Gasteiger partial charge in [-0.1, -0.05) is 94.8 Å². The molecule has 0 radical (unpaired) electrons. The van der Waals surface area contributed by atoms with Gasteiger partial charge in [0, 0.05) is 4.47 Å². The smallest absolute Gasteiger partial charge is 0.355 e. The maximum absolute atomic E-state index is 7.19. The zero-order chi connectivity index (χ0) is 17.0. The third kappa shape index (κ3) is 3.65. The first-order chi connectivity index (χ1) is 11.6. The van der Waals surface area contributed by atoms with Crippen molar-refractivity contribution in [3.63, 3.8) is 0 Å². The Labute approximate surface area is 157 Å². The van der Waals surface area contributed by atoms with Gasteiger partial charge in [0.05, 0.1) is 6.10 Å². The fourth-order valence-electron chi connectivity index (χ4n) is 2.72. The lowest BCUT2D eigenvalue weighted by Gasteiger charge is -2.29. The molecule has 24 heavy (non-hydrogen) atoms. The first-order valence-corrected chi connectivity index (χ1v) is 11.5. The molecule has 3 aromatic rings. The van der Waals surface area contributed by atoms with E-state index >= 15 is 0 Å². The Kier molecular flexibility index (Phi) is 5.56. The van der Waals surface area contributed by atoms with Gasteiger partial charge in [0.15, 0.2) is 0 Å². The van der Waals surface area contributed by atoms with E-state index in [-0.39, 0.29) is 6.10 Å². The van der Waals surface area contributed by atoms with Crippen molar-refractivity contribution < 1.29 is 4.43 Å². The van der Waals surface area contributed by atoms with E-state index in [0.717, 1.165) is 20.4 Å². The Morgan fingerprint density at radius 3 is 1.75 bits per heavy atom. The molecule has 0 spiro atoms. The predicted molar refractivity (Wildman–Crippen MR) is 107 cm³/mol. The summed E-state index contributed by atoms with van der Waals surface area (Å²) in [5.41, 5.74) is 1.10.